The van der Waals surface area contributed by atoms with Gasteiger partial charge in [-0.2, -0.15) is 0 Å². The molecule has 0 radical (unpaired) electrons. The highest BCUT2D eigenvalue weighted by Crippen LogP contribution is 2.47. The number of aliphatic hydroxyl groups excluding tert-OH is 1. The molecule has 2 saturated carbocycles. The Kier molecular flexibility index (Phi) is 4.23. The van der Waals surface area contributed by atoms with Crippen molar-refractivity contribution in [1.82, 2.24) is 0 Å². The number of ketones is 1. The maximum Gasteiger partial charge on any atom is 0.136 e. The van der Waals surface area contributed by atoms with Gasteiger partial charge in [0.25, 0.3) is 0 Å². The van der Waals surface area contributed by atoms with Crippen LogP contribution in [0.25, 0.3) is 0 Å². The Labute approximate surface area is 104 Å². The molecule has 0 heterocycles. The summed E-state index contributed by atoms with van der Waals surface area (Å²) in [6.45, 7) is 2.16. The van der Waals surface area contributed by atoms with E-state index in [-0.39, 0.29) is 0 Å². The quantitative estimate of drug-likeness (QED) is 0.599. The molecule has 17 heavy (non-hydrogen) atoms. The minimum Gasteiger partial charge on any atom is -0.380 e. The summed E-state index contributed by atoms with van der Waals surface area (Å²) in [7, 11) is 0. The molecule has 0 aromatic carbocycles. The smallest absolute Gasteiger partial charge is 0.136 e. The Morgan fingerprint density at radius 2 is 2.24 bits per heavy atom. The molecule has 94 valence electrons. The fourth-order valence-corrected chi connectivity index (χ4v) is 3.02. The van der Waals surface area contributed by atoms with Gasteiger partial charge in [0.05, 0.1) is 0 Å². The summed E-state index contributed by atoms with van der Waals surface area (Å²) in [5, 5.41) is 9.72. The zero-order valence-corrected chi connectivity index (χ0v) is 10.6. The maximum absolute atomic E-state index is 11.3. The predicted octanol–water partition coefficient (Wildman–Crippen LogP) is 2.55. The van der Waals surface area contributed by atoms with E-state index in [4.69, 9.17) is 0 Å². The van der Waals surface area contributed by atoms with Crippen LogP contribution in [-0.2, 0) is 4.79 Å². The Balaban J connectivity index is 1.76. The van der Waals surface area contributed by atoms with Gasteiger partial charge in [0.1, 0.15) is 11.9 Å². The SMILES string of the molecule is CCCCCC(O)C#CC1CCC2C(=O)CC12. The van der Waals surface area contributed by atoms with E-state index in [1.807, 2.05) is 0 Å². The highest BCUT2D eigenvalue weighted by molar-refractivity contribution is 5.88. The van der Waals surface area contributed by atoms with Crippen LogP contribution in [0.4, 0.5) is 0 Å². The second-order valence-corrected chi connectivity index (χ2v) is 5.42. The second kappa shape index (κ2) is 5.69. The summed E-state index contributed by atoms with van der Waals surface area (Å²) in [6.07, 6.45) is 6.54. The van der Waals surface area contributed by atoms with Gasteiger partial charge in [-0.25, -0.2) is 0 Å². The first kappa shape index (κ1) is 12.6. The van der Waals surface area contributed by atoms with Crippen molar-refractivity contribution >= 4 is 5.78 Å². The van der Waals surface area contributed by atoms with Crippen LogP contribution in [0.15, 0.2) is 0 Å². The van der Waals surface area contributed by atoms with Crippen molar-refractivity contribution in [1.29, 1.82) is 0 Å². The summed E-state index contributed by atoms with van der Waals surface area (Å²) in [5.74, 6) is 7.82. The number of hydrogen-bond acceptors (Lipinski definition) is 2. The Morgan fingerprint density at radius 3 is 2.88 bits per heavy atom. The third-order valence-electron chi connectivity index (χ3n) is 4.19. The van der Waals surface area contributed by atoms with E-state index in [2.05, 4.69) is 18.8 Å². The second-order valence-electron chi connectivity index (χ2n) is 5.42. The number of aliphatic hydroxyl groups is 1. The van der Waals surface area contributed by atoms with E-state index < -0.39 is 6.10 Å². The standard InChI is InChI=1S/C15H22O2/c1-2-3-4-5-12(16)8-6-11-7-9-13-14(11)10-15(13)17/h11-14,16H,2-5,7,9-10H2,1H3. The van der Waals surface area contributed by atoms with Crippen LogP contribution in [0, 0.1) is 29.6 Å². The molecule has 0 bridgehead atoms. The van der Waals surface area contributed by atoms with Gasteiger partial charge in [-0.05, 0) is 31.6 Å². The minimum absolute atomic E-state index is 0.312. The van der Waals surface area contributed by atoms with E-state index >= 15 is 0 Å². The zero-order chi connectivity index (χ0) is 12.3. The molecule has 2 rings (SSSR count). The van der Waals surface area contributed by atoms with Crippen molar-refractivity contribution < 1.29 is 9.90 Å². The molecule has 0 amide bonds. The number of Topliss-reactive ketones (excluding diaryl/α,β-unsaturated/α-hetero) is 1. The van der Waals surface area contributed by atoms with Gasteiger partial charge in [-0.15, -0.1) is 0 Å². The van der Waals surface area contributed by atoms with Crippen LogP contribution < -0.4 is 0 Å². The molecule has 2 fully saturated rings. The van der Waals surface area contributed by atoms with E-state index in [9.17, 15) is 9.90 Å². The summed E-state index contributed by atoms with van der Waals surface area (Å²) in [5.41, 5.74) is 0. The highest BCUT2D eigenvalue weighted by atomic mass is 16.3. The van der Waals surface area contributed by atoms with Gasteiger partial charge in [0.2, 0.25) is 0 Å². The molecule has 2 heteroatoms. The van der Waals surface area contributed by atoms with Crippen LogP contribution in [-0.4, -0.2) is 17.0 Å². The van der Waals surface area contributed by atoms with Crippen LogP contribution in [0.2, 0.25) is 0 Å². The van der Waals surface area contributed by atoms with E-state index in [0.29, 0.717) is 23.5 Å². The Hall–Kier alpha value is -0.810. The van der Waals surface area contributed by atoms with Crippen LogP contribution in [0.5, 0.6) is 0 Å². The number of carbonyl (C=O) groups excluding carboxylic acids is 1. The summed E-state index contributed by atoms with van der Waals surface area (Å²) in [6, 6.07) is 0. The lowest BCUT2D eigenvalue weighted by Gasteiger charge is -2.30. The third-order valence-corrected chi connectivity index (χ3v) is 4.19. The summed E-state index contributed by atoms with van der Waals surface area (Å²) in [4.78, 5) is 11.3. The monoisotopic (exact) mass is 234 g/mol. The van der Waals surface area contributed by atoms with E-state index in [1.165, 1.54) is 12.8 Å². The zero-order valence-electron chi connectivity index (χ0n) is 10.6. The normalized spacial score (nSPS) is 32.4. The van der Waals surface area contributed by atoms with Crippen molar-refractivity contribution in [3.05, 3.63) is 0 Å². The lowest BCUT2D eigenvalue weighted by atomic mass is 9.72. The van der Waals surface area contributed by atoms with Crippen LogP contribution in [0.3, 0.4) is 0 Å². The summed E-state index contributed by atoms with van der Waals surface area (Å²) >= 11 is 0. The minimum atomic E-state index is -0.462. The average molecular weight is 234 g/mol. The van der Waals surface area contributed by atoms with Gasteiger partial charge in [0.15, 0.2) is 0 Å². The largest absolute Gasteiger partial charge is 0.380 e. The number of hydrogen-bond donors (Lipinski definition) is 1. The van der Waals surface area contributed by atoms with Crippen LogP contribution >= 0.6 is 0 Å². The fraction of sp³-hybridized carbons (Fsp3) is 0.800. The molecule has 4 atom stereocenters. The molecule has 1 N–H and O–H groups in total. The molecule has 0 saturated heterocycles. The van der Waals surface area contributed by atoms with Gasteiger partial charge in [-0.1, -0.05) is 31.6 Å². The van der Waals surface area contributed by atoms with Gasteiger partial charge in [0, 0.05) is 18.3 Å². The lowest BCUT2D eigenvalue weighted by Crippen LogP contribution is -2.35. The maximum atomic E-state index is 11.3. The first-order valence-corrected chi connectivity index (χ1v) is 6.94. The molecule has 0 aliphatic heterocycles. The van der Waals surface area contributed by atoms with Crippen molar-refractivity contribution in [2.75, 3.05) is 0 Å². The van der Waals surface area contributed by atoms with Gasteiger partial charge >= 0.3 is 0 Å². The number of rotatable bonds is 4. The predicted molar refractivity (Wildman–Crippen MR) is 67.3 cm³/mol. The van der Waals surface area contributed by atoms with Crippen molar-refractivity contribution in [2.24, 2.45) is 17.8 Å². The van der Waals surface area contributed by atoms with Crippen molar-refractivity contribution in [2.45, 2.75) is 58.0 Å². The first-order valence-electron chi connectivity index (χ1n) is 6.94. The topological polar surface area (TPSA) is 37.3 Å². The molecule has 0 aromatic heterocycles. The third kappa shape index (κ3) is 2.90. The van der Waals surface area contributed by atoms with E-state index in [0.717, 1.165) is 32.1 Å². The molecule has 0 aromatic rings. The summed E-state index contributed by atoms with van der Waals surface area (Å²) < 4.78 is 0. The Bertz CT molecular complexity index is 337. The highest BCUT2D eigenvalue weighted by Gasteiger charge is 2.47. The molecular formula is C15H22O2. The number of carbonyl (C=O) groups is 1. The molecule has 2 aliphatic rings. The molecule has 2 aliphatic carbocycles. The molecule has 4 unspecified atom stereocenters. The number of unbranched alkanes of at least 4 members (excludes halogenated alkanes) is 2. The molecule has 0 spiro atoms. The molecular weight excluding hydrogens is 212 g/mol. The van der Waals surface area contributed by atoms with E-state index in [1.54, 1.807) is 0 Å². The van der Waals surface area contributed by atoms with Crippen molar-refractivity contribution in [3.63, 3.8) is 0 Å². The molecule has 2 nitrogen and oxygen atoms in total. The Morgan fingerprint density at radius 1 is 1.41 bits per heavy atom. The lowest BCUT2D eigenvalue weighted by molar-refractivity contribution is -0.133. The number of fused-ring (bicyclic) bond motifs is 1. The fourth-order valence-electron chi connectivity index (χ4n) is 3.02. The van der Waals surface area contributed by atoms with Gasteiger partial charge in [-0.3, -0.25) is 4.79 Å². The average Bonchev–Trinajstić information content (AvgIpc) is 2.63. The van der Waals surface area contributed by atoms with Crippen molar-refractivity contribution in [3.8, 4) is 11.8 Å². The van der Waals surface area contributed by atoms with Gasteiger partial charge < -0.3 is 5.11 Å². The first-order chi connectivity index (χ1) is 8.22. The van der Waals surface area contributed by atoms with Crippen LogP contribution in [0.1, 0.15) is 51.9 Å².